The van der Waals surface area contributed by atoms with E-state index in [0.29, 0.717) is 0 Å². The minimum Gasteiger partial charge on any atom is -0.497 e. The number of rotatable bonds is 5. The molecule has 0 aliphatic carbocycles. The summed E-state index contributed by atoms with van der Waals surface area (Å²) in [6, 6.07) is 8.03. The molecule has 0 amide bonds. The average molecular weight is 197 g/mol. The predicted molar refractivity (Wildman–Crippen MR) is 57.1 cm³/mol. The van der Waals surface area contributed by atoms with Crippen LogP contribution in [-0.2, 0) is 0 Å². The number of benzene rings is 1. The zero-order valence-corrected chi connectivity index (χ0v) is 8.86. The van der Waals surface area contributed by atoms with Gasteiger partial charge in [0.25, 0.3) is 0 Å². The van der Waals surface area contributed by atoms with E-state index >= 15 is 0 Å². The van der Waals surface area contributed by atoms with Gasteiger partial charge in [-0.3, -0.25) is 4.72 Å². The lowest BCUT2D eigenvalue weighted by Gasteiger charge is -2.03. The fourth-order valence-electron chi connectivity index (χ4n) is 0.880. The zero-order chi connectivity index (χ0) is 9.52. The Bertz CT molecular complexity index is 235. The molecule has 0 heterocycles. The van der Waals surface area contributed by atoms with Crippen LogP contribution in [0.2, 0.25) is 0 Å². The van der Waals surface area contributed by atoms with E-state index in [-0.39, 0.29) is 0 Å². The van der Waals surface area contributed by atoms with Crippen molar-refractivity contribution in [3.63, 3.8) is 0 Å². The first-order valence-electron chi connectivity index (χ1n) is 4.40. The van der Waals surface area contributed by atoms with Crippen molar-refractivity contribution in [2.45, 2.75) is 18.2 Å². The minimum atomic E-state index is 0.903. The third kappa shape index (κ3) is 3.70. The van der Waals surface area contributed by atoms with Crippen LogP contribution < -0.4 is 9.46 Å². The van der Waals surface area contributed by atoms with E-state index in [4.69, 9.17) is 4.74 Å². The fourth-order valence-corrected chi connectivity index (χ4v) is 1.63. The maximum absolute atomic E-state index is 5.07. The molecule has 0 aliphatic rings. The van der Waals surface area contributed by atoms with E-state index in [2.05, 4.69) is 11.6 Å². The Labute approximate surface area is 83.8 Å². The summed E-state index contributed by atoms with van der Waals surface area (Å²) in [6.07, 6.45) is 1.16. The summed E-state index contributed by atoms with van der Waals surface area (Å²) in [7, 11) is 1.68. The van der Waals surface area contributed by atoms with Crippen molar-refractivity contribution in [2.24, 2.45) is 0 Å². The number of hydrogen-bond donors (Lipinski definition) is 1. The first-order chi connectivity index (χ1) is 6.36. The highest BCUT2D eigenvalue weighted by molar-refractivity contribution is 7.97. The van der Waals surface area contributed by atoms with Crippen molar-refractivity contribution in [1.82, 2.24) is 4.72 Å². The van der Waals surface area contributed by atoms with Gasteiger partial charge in [0, 0.05) is 11.4 Å². The highest BCUT2D eigenvalue weighted by Gasteiger charge is 1.93. The van der Waals surface area contributed by atoms with Crippen LogP contribution in [0.5, 0.6) is 5.75 Å². The van der Waals surface area contributed by atoms with Crippen molar-refractivity contribution in [3.8, 4) is 5.75 Å². The fraction of sp³-hybridized carbons (Fsp3) is 0.400. The molecule has 0 aliphatic heterocycles. The quantitative estimate of drug-likeness (QED) is 0.579. The second kappa shape index (κ2) is 5.89. The average Bonchev–Trinajstić information content (AvgIpc) is 2.19. The molecule has 1 rings (SSSR count). The summed E-state index contributed by atoms with van der Waals surface area (Å²) >= 11 is 1.66. The standard InChI is InChI=1S/C10H15NOS/c1-3-8-11-13-10-6-4-9(12-2)5-7-10/h4-7,11H,3,8H2,1-2H3. The molecule has 1 aromatic rings. The van der Waals surface area contributed by atoms with Gasteiger partial charge in [-0.1, -0.05) is 6.92 Å². The van der Waals surface area contributed by atoms with Crippen molar-refractivity contribution in [2.75, 3.05) is 13.7 Å². The van der Waals surface area contributed by atoms with E-state index < -0.39 is 0 Å². The molecule has 0 atom stereocenters. The molecule has 0 radical (unpaired) electrons. The second-order valence-electron chi connectivity index (χ2n) is 2.67. The highest BCUT2D eigenvalue weighted by atomic mass is 32.2. The van der Waals surface area contributed by atoms with Gasteiger partial charge in [-0.05, 0) is 42.6 Å². The Morgan fingerprint density at radius 3 is 2.54 bits per heavy atom. The second-order valence-corrected chi connectivity index (χ2v) is 3.64. The van der Waals surface area contributed by atoms with Crippen LogP contribution in [0.25, 0.3) is 0 Å². The third-order valence-electron chi connectivity index (χ3n) is 1.60. The van der Waals surface area contributed by atoms with E-state index in [9.17, 15) is 0 Å². The summed E-state index contributed by atoms with van der Waals surface area (Å²) in [5, 5.41) is 0. The Balaban J connectivity index is 2.40. The molecule has 0 unspecified atom stereocenters. The molecular weight excluding hydrogens is 182 g/mol. The molecule has 13 heavy (non-hydrogen) atoms. The Morgan fingerprint density at radius 1 is 1.31 bits per heavy atom. The lowest BCUT2D eigenvalue weighted by molar-refractivity contribution is 0.414. The predicted octanol–water partition coefficient (Wildman–Crippen LogP) is 2.70. The first-order valence-corrected chi connectivity index (χ1v) is 5.22. The summed E-state index contributed by atoms with van der Waals surface area (Å²) in [5.74, 6) is 0.903. The van der Waals surface area contributed by atoms with Crippen LogP contribution in [0, 0.1) is 0 Å². The molecular formula is C10H15NOS. The van der Waals surface area contributed by atoms with Crippen LogP contribution in [0.1, 0.15) is 13.3 Å². The maximum atomic E-state index is 5.07. The zero-order valence-electron chi connectivity index (χ0n) is 8.04. The lowest BCUT2D eigenvalue weighted by atomic mass is 10.3. The van der Waals surface area contributed by atoms with Gasteiger partial charge in [0.15, 0.2) is 0 Å². The number of nitrogens with one attached hydrogen (secondary N) is 1. The Kier molecular flexibility index (Phi) is 4.72. The van der Waals surface area contributed by atoms with Crippen molar-refractivity contribution in [3.05, 3.63) is 24.3 Å². The van der Waals surface area contributed by atoms with Crippen molar-refractivity contribution < 1.29 is 4.74 Å². The lowest BCUT2D eigenvalue weighted by Crippen LogP contribution is -2.02. The first kappa shape index (κ1) is 10.4. The molecule has 2 nitrogen and oxygen atoms in total. The molecule has 1 aromatic carbocycles. The smallest absolute Gasteiger partial charge is 0.118 e. The normalized spacial score (nSPS) is 10.0. The van der Waals surface area contributed by atoms with Gasteiger partial charge in [0.05, 0.1) is 7.11 Å². The Hall–Kier alpha value is -0.670. The van der Waals surface area contributed by atoms with E-state index in [0.717, 1.165) is 18.7 Å². The molecule has 3 heteroatoms. The van der Waals surface area contributed by atoms with Crippen molar-refractivity contribution >= 4 is 11.9 Å². The summed E-state index contributed by atoms with van der Waals surface area (Å²) in [4.78, 5) is 1.22. The summed E-state index contributed by atoms with van der Waals surface area (Å²) < 4.78 is 8.33. The van der Waals surface area contributed by atoms with Gasteiger partial charge >= 0.3 is 0 Å². The van der Waals surface area contributed by atoms with Crippen molar-refractivity contribution in [1.29, 1.82) is 0 Å². The van der Waals surface area contributed by atoms with Crippen LogP contribution in [0.15, 0.2) is 29.2 Å². The molecule has 0 aromatic heterocycles. The third-order valence-corrected chi connectivity index (χ3v) is 2.46. The van der Waals surface area contributed by atoms with Crippen LogP contribution >= 0.6 is 11.9 Å². The summed E-state index contributed by atoms with van der Waals surface area (Å²) in [6.45, 7) is 3.19. The van der Waals surface area contributed by atoms with Crippen LogP contribution in [0.4, 0.5) is 0 Å². The molecule has 0 fully saturated rings. The van der Waals surface area contributed by atoms with E-state index in [1.807, 2.05) is 24.3 Å². The summed E-state index contributed by atoms with van der Waals surface area (Å²) in [5.41, 5.74) is 0. The SMILES string of the molecule is CCCNSc1ccc(OC)cc1. The topological polar surface area (TPSA) is 21.3 Å². The van der Waals surface area contributed by atoms with Crippen LogP contribution in [-0.4, -0.2) is 13.7 Å². The molecule has 0 bridgehead atoms. The van der Waals surface area contributed by atoms with E-state index in [1.54, 1.807) is 19.1 Å². The van der Waals surface area contributed by atoms with Gasteiger partial charge in [0.1, 0.15) is 5.75 Å². The van der Waals surface area contributed by atoms with Gasteiger partial charge in [-0.15, -0.1) is 0 Å². The maximum Gasteiger partial charge on any atom is 0.118 e. The highest BCUT2D eigenvalue weighted by Crippen LogP contribution is 2.18. The van der Waals surface area contributed by atoms with Gasteiger partial charge in [-0.2, -0.15) is 0 Å². The Morgan fingerprint density at radius 2 is 2.00 bits per heavy atom. The minimum absolute atomic E-state index is 0.903. The monoisotopic (exact) mass is 197 g/mol. The van der Waals surface area contributed by atoms with Crippen LogP contribution in [0.3, 0.4) is 0 Å². The largest absolute Gasteiger partial charge is 0.497 e. The van der Waals surface area contributed by atoms with Gasteiger partial charge in [0.2, 0.25) is 0 Å². The van der Waals surface area contributed by atoms with E-state index in [1.165, 1.54) is 4.90 Å². The number of hydrogen-bond acceptors (Lipinski definition) is 3. The molecule has 72 valence electrons. The van der Waals surface area contributed by atoms with Gasteiger partial charge in [-0.25, -0.2) is 0 Å². The molecule has 0 saturated carbocycles. The van der Waals surface area contributed by atoms with Gasteiger partial charge < -0.3 is 4.74 Å². The molecule has 0 saturated heterocycles. The number of methoxy groups -OCH3 is 1. The molecule has 0 spiro atoms. The number of ether oxygens (including phenoxy) is 1. The molecule has 1 N–H and O–H groups in total.